The molecule has 106 valence electrons. The summed E-state index contributed by atoms with van der Waals surface area (Å²) in [7, 11) is 1.61. The molecule has 0 spiro atoms. The van der Waals surface area contributed by atoms with Gasteiger partial charge in [-0.1, -0.05) is 13.3 Å². The van der Waals surface area contributed by atoms with Crippen molar-refractivity contribution in [2.24, 2.45) is 5.41 Å². The van der Waals surface area contributed by atoms with Gasteiger partial charge in [-0.15, -0.1) is 0 Å². The van der Waals surface area contributed by atoms with E-state index in [-0.39, 0.29) is 17.8 Å². The highest BCUT2D eigenvalue weighted by molar-refractivity contribution is 5.39. The number of aliphatic hydroxyl groups is 1. The summed E-state index contributed by atoms with van der Waals surface area (Å²) in [6, 6.07) is 5.53. The third-order valence-corrected chi connectivity index (χ3v) is 4.27. The molecule has 0 aliphatic heterocycles. The average Bonchev–Trinajstić information content (AvgIpc) is 2.80. The van der Waals surface area contributed by atoms with Crippen LogP contribution in [0.15, 0.2) is 18.2 Å². The molecule has 2 atom stereocenters. The van der Waals surface area contributed by atoms with Crippen molar-refractivity contribution < 1.29 is 14.9 Å². The van der Waals surface area contributed by atoms with Crippen molar-refractivity contribution in [3.63, 3.8) is 0 Å². The standard InChI is InChI=1S/C15H23NO3/c1-15(10-17)7-3-4-14(15)16-9-11-8-12(19-2)5-6-13(11)18/h5-6,8,14,16-18H,3-4,7,9-10H2,1-2H3. The molecule has 0 radical (unpaired) electrons. The zero-order valence-electron chi connectivity index (χ0n) is 11.6. The van der Waals surface area contributed by atoms with Gasteiger partial charge in [0.15, 0.2) is 0 Å². The van der Waals surface area contributed by atoms with Crippen molar-refractivity contribution >= 4 is 0 Å². The fraction of sp³-hybridized carbons (Fsp3) is 0.600. The SMILES string of the molecule is COc1ccc(O)c(CNC2CCCC2(C)CO)c1. The van der Waals surface area contributed by atoms with Gasteiger partial charge < -0.3 is 20.3 Å². The van der Waals surface area contributed by atoms with Gasteiger partial charge in [0.1, 0.15) is 11.5 Å². The summed E-state index contributed by atoms with van der Waals surface area (Å²) in [5.74, 6) is 1.02. The molecule has 3 N–H and O–H groups in total. The van der Waals surface area contributed by atoms with E-state index >= 15 is 0 Å². The van der Waals surface area contributed by atoms with Crippen LogP contribution in [0.25, 0.3) is 0 Å². The van der Waals surface area contributed by atoms with Crippen LogP contribution < -0.4 is 10.1 Å². The summed E-state index contributed by atoms with van der Waals surface area (Å²) >= 11 is 0. The number of rotatable bonds is 5. The fourth-order valence-electron chi connectivity index (χ4n) is 2.83. The number of nitrogens with one attached hydrogen (secondary N) is 1. The normalized spacial score (nSPS) is 26.6. The molecule has 1 saturated carbocycles. The van der Waals surface area contributed by atoms with Crippen molar-refractivity contribution in [3.8, 4) is 11.5 Å². The number of aromatic hydroxyl groups is 1. The van der Waals surface area contributed by atoms with Crippen LogP contribution in [0, 0.1) is 5.41 Å². The topological polar surface area (TPSA) is 61.7 Å². The molecule has 0 saturated heterocycles. The molecule has 0 bridgehead atoms. The number of benzene rings is 1. The lowest BCUT2D eigenvalue weighted by atomic mass is 9.85. The van der Waals surface area contributed by atoms with E-state index in [0.29, 0.717) is 12.6 Å². The van der Waals surface area contributed by atoms with Crippen LogP contribution in [-0.2, 0) is 6.54 Å². The Kier molecular flexibility index (Phi) is 4.32. The molecule has 1 aliphatic carbocycles. The highest BCUT2D eigenvalue weighted by atomic mass is 16.5. The van der Waals surface area contributed by atoms with E-state index in [2.05, 4.69) is 12.2 Å². The third kappa shape index (κ3) is 3.01. The number of methoxy groups -OCH3 is 1. The van der Waals surface area contributed by atoms with E-state index in [1.165, 1.54) is 0 Å². The monoisotopic (exact) mass is 265 g/mol. The Bertz CT molecular complexity index is 435. The zero-order chi connectivity index (χ0) is 13.9. The van der Waals surface area contributed by atoms with E-state index in [9.17, 15) is 10.2 Å². The average molecular weight is 265 g/mol. The summed E-state index contributed by atoms with van der Waals surface area (Å²) in [6.07, 6.45) is 3.26. The summed E-state index contributed by atoms with van der Waals surface area (Å²) in [5, 5.41) is 22.8. The summed E-state index contributed by atoms with van der Waals surface area (Å²) in [4.78, 5) is 0. The molecule has 2 unspecified atom stereocenters. The number of hydrogen-bond acceptors (Lipinski definition) is 4. The summed E-state index contributed by atoms with van der Waals surface area (Å²) < 4.78 is 5.16. The van der Waals surface area contributed by atoms with Crippen molar-refractivity contribution in [1.82, 2.24) is 5.32 Å². The van der Waals surface area contributed by atoms with Crippen molar-refractivity contribution in [1.29, 1.82) is 0 Å². The lowest BCUT2D eigenvalue weighted by Gasteiger charge is -2.30. The molecule has 0 heterocycles. The molecule has 1 fully saturated rings. The molecule has 1 aromatic rings. The van der Waals surface area contributed by atoms with Crippen molar-refractivity contribution in [2.45, 2.75) is 38.8 Å². The first-order valence-electron chi connectivity index (χ1n) is 6.79. The van der Waals surface area contributed by atoms with Crippen molar-refractivity contribution in [2.75, 3.05) is 13.7 Å². The molecule has 1 aliphatic rings. The lowest BCUT2D eigenvalue weighted by Crippen LogP contribution is -2.41. The number of aliphatic hydroxyl groups excluding tert-OH is 1. The maximum atomic E-state index is 9.85. The first-order chi connectivity index (χ1) is 9.09. The second-order valence-electron chi connectivity index (χ2n) is 5.63. The van der Waals surface area contributed by atoms with Crippen LogP contribution in [0.5, 0.6) is 11.5 Å². The van der Waals surface area contributed by atoms with Gasteiger partial charge in [0, 0.05) is 30.2 Å². The number of phenols is 1. The van der Waals surface area contributed by atoms with Gasteiger partial charge >= 0.3 is 0 Å². The van der Waals surface area contributed by atoms with Gasteiger partial charge in [0.2, 0.25) is 0 Å². The molecule has 0 aromatic heterocycles. The second-order valence-corrected chi connectivity index (χ2v) is 5.63. The zero-order valence-corrected chi connectivity index (χ0v) is 11.6. The van der Waals surface area contributed by atoms with Crippen molar-refractivity contribution in [3.05, 3.63) is 23.8 Å². The van der Waals surface area contributed by atoms with Crippen LogP contribution in [0.3, 0.4) is 0 Å². The highest BCUT2D eigenvalue weighted by Gasteiger charge is 2.37. The van der Waals surface area contributed by atoms with E-state index < -0.39 is 0 Å². The van der Waals surface area contributed by atoms with Gasteiger partial charge in [-0.05, 0) is 31.0 Å². The minimum Gasteiger partial charge on any atom is -0.508 e. The van der Waals surface area contributed by atoms with Gasteiger partial charge in [-0.25, -0.2) is 0 Å². The van der Waals surface area contributed by atoms with Gasteiger partial charge in [0.25, 0.3) is 0 Å². The molecule has 4 nitrogen and oxygen atoms in total. The minimum atomic E-state index is -0.0471. The highest BCUT2D eigenvalue weighted by Crippen LogP contribution is 2.37. The lowest BCUT2D eigenvalue weighted by molar-refractivity contribution is 0.118. The van der Waals surface area contributed by atoms with Gasteiger partial charge in [-0.2, -0.15) is 0 Å². The smallest absolute Gasteiger partial charge is 0.120 e. The second kappa shape index (κ2) is 5.80. The van der Waals surface area contributed by atoms with Crippen LogP contribution in [0.2, 0.25) is 0 Å². The Labute approximate surface area is 114 Å². The molecular weight excluding hydrogens is 242 g/mol. The van der Waals surface area contributed by atoms with Gasteiger partial charge in [-0.3, -0.25) is 0 Å². The molecule has 19 heavy (non-hydrogen) atoms. The molecule has 2 rings (SSSR count). The first kappa shape index (κ1) is 14.2. The third-order valence-electron chi connectivity index (χ3n) is 4.27. The fourth-order valence-corrected chi connectivity index (χ4v) is 2.83. The summed E-state index contributed by atoms with van der Waals surface area (Å²) in [6.45, 7) is 2.90. The maximum Gasteiger partial charge on any atom is 0.120 e. The molecular formula is C15H23NO3. The van der Waals surface area contributed by atoms with Gasteiger partial charge in [0.05, 0.1) is 7.11 Å². The Morgan fingerprint density at radius 2 is 2.26 bits per heavy atom. The Morgan fingerprint density at radius 3 is 2.95 bits per heavy atom. The first-order valence-corrected chi connectivity index (χ1v) is 6.79. The van der Waals surface area contributed by atoms with E-state index in [1.54, 1.807) is 19.2 Å². The molecule has 0 amide bonds. The predicted molar refractivity (Wildman–Crippen MR) is 74.3 cm³/mol. The van der Waals surface area contributed by atoms with Crippen LogP contribution >= 0.6 is 0 Å². The number of ether oxygens (including phenoxy) is 1. The predicted octanol–water partition coefficient (Wildman–Crippen LogP) is 2.04. The minimum absolute atomic E-state index is 0.0471. The largest absolute Gasteiger partial charge is 0.508 e. The Morgan fingerprint density at radius 1 is 1.47 bits per heavy atom. The molecule has 4 heteroatoms. The molecule has 1 aromatic carbocycles. The number of phenolic OH excluding ortho intramolecular Hbond substituents is 1. The maximum absolute atomic E-state index is 9.85. The van der Waals surface area contributed by atoms with E-state index in [1.807, 2.05) is 6.07 Å². The van der Waals surface area contributed by atoms with Crippen LogP contribution in [0.4, 0.5) is 0 Å². The van der Waals surface area contributed by atoms with E-state index in [0.717, 1.165) is 30.6 Å². The quantitative estimate of drug-likeness (QED) is 0.762. The summed E-state index contributed by atoms with van der Waals surface area (Å²) in [5.41, 5.74) is 0.778. The Hall–Kier alpha value is -1.26. The number of hydrogen-bond donors (Lipinski definition) is 3. The van der Waals surface area contributed by atoms with Crippen LogP contribution in [0.1, 0.15) is 31.7 Å². The van der Waals surface area contributed by atoms with Crippen LogP contribution in [-0.4, -0.2) is 30.0 Å². The van der Waals surface area contributed by atoms with E-state index in [4.69, 9.17) is 4.74 Å². The Balaban J connectivity index is 2.02.